The van der Waals surface area contributed by atoms with Crippen LogP contribution >= 0.6 is 0 Å². The van der Waals surface area contributed by atoms with Crippen molar-refractivity contribution in [2.24, 2.45) is 0 Å². The maximum Gasteiger partial charge on any atom is 0.128 e. The van der Waals surface area contributed by atoms with Gasteiger partial charge >= 0.3 is 0 Å². The summed E-state index contributed by atoms with van der Waals surface area (Å²) in [5.41, 5.74) is 1.16. The first-order valence-electron chi connectivity index (χ1n) is 5.51. The van der Waals surface area contributed by atoms with Gasteiger partial charge in [-0.1, -0.05) is 6.07 Å². The van der Waals surface area contributed by atoms with Gasteiger partial charge in [0.1, 0.15) is 11.6 Å². The van der Waals surface area contributed by atoms with Crippen molar-refractivity contribution in [1.82, 2.24) is 4.98 Å². The van der Waals surface area contributed by atoms with E-state index in [0.717, 1.165) is 5.69 Å². The molecule has 0 atom stereocenters. The van der Waals surface area contributed by atoms with E-state index in [1.165, 1.54) is 18.2 Å². The fourth-order valence-corrected chi connectivity index (χ4v) is 1.53. The van der Waals surface area contributed by atoms with E-state index in [4.69, 9.17) is 10.00 Å². The van der Waals surface area contributed by atoms with Gasteiger partial charge in [0.05, 0.1) is 18.2 Å². The maximum absolute atomic E-state index is 13.1. The summed E-state index contributed by atoms with van der Waals surface area (Å²) in [7, 11) is 0. The lowest BCUT2D eigenvalue weighted by molar-refractivity contribution is 0.319. The second kappa shape index (κ2) is 5.78. The van der Waals surface area contributed by atoms with Gasteiger partial charge in [0, 0.05) is 24.4 Å². The number of rotatable bonds is 4. The van der Waals surface area contributed by atoms with Gasteiger partial charge in [0.2, 0.25) is 0 Å². The largest absolute Gasteiger partial charge is 0.493 e. The van der Waals surface area contributed by atoms with Crippen molar-refractivity contribution < 1.29 is 9.13 Å². The molecule has 0 aliphatic heterocycles. The summed E-state index contributed by atoms with van der Waals surface area (Å²) in [6, 6.07) is 11.5. The van der Waals surface area contributed by atoms with E-state index in [1.807, 2.05) is 24.3 Å². The van der Waals surface area contributed by atoms with Gasteiger partial charge < -0.3 is 4.74 Å². The molecule has 0 fully saturated rings. The zero-order valence-corrected chi connectivity index (χ0v) is 9.64. The second-order valence-corrected chi connectivity index (χ2v) is 3.71. The van der Waals surface area contributed by atoms with Crippen LogP contribution in [-0.2, 0) is 6.42 Å². The molecule has 0 aliphatic carbocycles. The number of pyridine rings is 1. The third-order valence-electron chi connectivity index (χ3n) is 2.35. The number of nitriles is 1. The molecule has 1 aromatic carbocycles. The highest BCUT2D eigenvalue weighted by Gasteiger charge is 2.02. The number of hydrogen-bond acceptors (Lipinski definition) is 3. The Balaban J connectivity index is 1.95. The van der Waals surface area contributed by atoms with Gasteiger partial charge in [-0.25, -0.2) is 4.39 Å². The SMILES string of the molecule is N#Cc1cc(F)cc(OCCc2ccccn2)c1. The molecule has 0 unspecified atom stereocenters. The molecule has 0 N–H and O–H groups in total. The van der Waals surface area contributed by atoms with Crippen molar-refractivity contribution in [1.29, 1.82) is 5.26 Å². The minimum atomic E-state index is -0.470. The van der Waals surface area contributed by atoms with Crippen molar-refractivity contribution >= 4 is 0 Å². The number of benzene rings is 1. The molecular weight excluding hydrogens is 231 g/mol. The number of nitrogens with zero attached hydrogens (tertiary/aromatic N) is 2. The van der Waals surface area contributed by atoms with Gasteiger partial charge in [-0.2, -0.15) is 5.26 Å². The second-order valence-electron chi connectivity index (χ2n) is 3.71. The Morgan fingerprint density at radius 2 is 2.17 bits per heavy atom. The van der Waals surface area contributed by atoms with Gasteiger partial charge in [0.15, 0.2) is 0 Å². The Bertz CT molecular complexity index is 564. The Morgan fingerprint density at radius 1 is 1.28 bits per heavy atom. The first-order chi connectivity index (χ1) is 8.78. The number of aromatic nitrogens is 1. The summed E-state index contributed by atoms with van der Waals surface area (Å²) < 4.78 is 18.5. The molecule has 3 nitrogen and oxygen atoms in total. The Kier molecular flexibility index (Phi) is 3.87. The van der Waals surface area contributed by atoms with Gasteiger partial charge in [-0.05, 0) is 24.3 Å². The first kappa shape index (κ1) is 12.1. The fraction of sp³-hybridized carbons (Fsp3) is 0.143. The molecule has 1 aromatic heterocycles. The summed E-state index contributed by atoms with van der Waals surface area (Å²) in [6.07, 6.45) is 2.35. The van der Waals surface area contributed by atoms with Crippen molar-refractivity contribution in [2.75, 3.05) is 6.61 Å². The van der Waals surface area contributed by atoms with E-state index in [9.17, 15) is 4.39 Å². The quantitative estimate of drug-likeness (QED) is 0.828. The zero-order chi connectivity index (χ0) is 12.8. The van der Waals surface area contributed by atoms with Crippen molar-refractivity contribution in [3.8, 4) is 11.8 Å². The van der Waals surface area contributed by atoms with Crippen LogP contribution in [0.4, 0.5) is 4.39 Å². The van der Waals surface area contributed by atoms with E-state index in [1.54, 1.807) is 6.20 Å². The van der Waals surface area contributed by atoms with E-state index >= 15 is 0 Å². The molecule has 0 saturated heterocycles. The molecule has 2 rings (SSSR count). The van der Waals surface area contributed by atoms with Crippen LogP contribution in [0.1, 0.15) is 11.3 Å². The smallest absolute Gasteiger partial charge is 0.128 e. The molecule has 0 spiro atoms. The molecule has 0 radical (unpaired) electrons. The lowest BCUT2D eigenvalue weighted by Crippen LogP contribution is -2.03. The molecule has 18 heavy (non-hydrogen) atoms. The topological polar surface area (TPSA) is 45.9 Å². The molecule has 0 bridgehead atoms. The highest BCUT2D eigenvalue weighted by atomic mass is 19.1. The normalized spacial score (nSPS) is 9.78. The van der Waals surface area contributed by atoms with Crippen LogP contribution in [0.5, 0.6) is 5.75 Å². The fourth-order valence-electron chi connectivity index (χ4n) is 1.53. The molecule has 1 heterocycles. The van der Waals surface area contributed by atoms with Crippen molar-refractivity contribution in [3.63, 3.8) is 0 Å². The minimum absolute atomic E-state index is 0.253. The lowest BCUT2D eigenvalue weighted by atomic mass is 10.2. The molecular formula is C14H11FN2O. The molecule has 0 aliphatic rings. The van der Waals surface area contributed by atoms with Crippen LogP contribution in [0, 0.1) is 17.1 Å². The molecule has 0 amide bonds. The Labute approximate surface area is 104 Å². The van der Waals surface area contributed by atoms with Crippen molar-refractivity contribution in [3.05, 3.63) is 59.7 Å². The predicted molar refractivity (Wildman–Crippen MR) is 64.6 cm³/mol. The monoisotopic (exact) mass is 242 g/mol. The maximum atomic E-state index is 13.1. The molecule has 2 aromatic rings. The van der Waals surface area contributed by atoms with E-state index in [0.29, 0.717) is 18.8 Å². The predicted octanol–water partition coefficient (Wildman–Crippen LogP) is 2.71. The third-order valence-corrected chi connectivity index (χ3v) is 2.35. The number of halogens is 1. The Morgan fingerprint density at radius 3 is 2.89 bits per heavy atom. The van der Waals surface area contributed by atoms with E-state index < -0.39 is 5.82 Å². The summed E-state index contributed by atoms with van der Waals surface area (Å²) >= 11 is 0. The number of hydrogen-bond donors (Lipinski definition) is 0. The minimum Gasteiger partial charge on any atom is -0.493 e. The molecule has 90 valence electrons. The Hall–Kier alpha value is -2.41. The molecule has 4 heteroatoms. The standard InChI is InChI=1S/C14H11FN2O/c15-12-7-11(10-16)8-14(9-12)18-6-4-13-3-1-2-5-17-13/h1-3,5,7-9H,4,6H2. The average molecular weight is 242 g/mol. The van der Waals surface area contributed by atoms with Crippen LogP contribution in [0.25, 0.3) is 0 Å². The van der Waals surface area contributed by atoms with Crippen molar-refractivity contribution in [2.45, 2.75) is 6.42 Å². The first-order valence-corrected chi connectivity index (χ1v) is 5.51. The van der Waals surface area contributed by atoms with E-state index in [2.05, 4.69) is 4.98 Å². The summed E-state index contributed by atoms with van der Waals surface area (Å²) in [5.74, 6) is -0.107. The van der Waals surface area contributed by atoms with Gasteiger partial charge in [-0.15, -0.1) is 0 Å². The lowest BCUT2D eigenvalue weighted by Gasteiger charge is -2.06. The molecule has 0 saturated carbocycles. The van der Waals surface area contributed by atoms with Crippen LogP contribution in [0.2, 0.25) is 0 Å². The summed E-state index contributed by atoms with van der Waals surface area (Å²) in [6.45, 7) is 0.394. The average Bonchev–Trinajstić information content (AvgIpc) is 2.39. The van der Waals surface area contributed by atoms with Crippen LogP contribution in [0.3, 0.4) is 0 Å². The van der Waals surface area contributed by atoms with Crippen LogP contribution in [-0.4, -0.2) is 11.6 Å². The third kappa shape index (κ3) is 3.29. The zero-order valence-electron chi connectivity index (χ0n) is 9.64. The highest BCUT2D eigenvalue weighted by Crippen LogP contribution is 2.16. The summed E-state index contributed by atoms with van der Waals surface area (Å²) in [4.78, 5) is 4.15. The number of ether oxygens (including phenoxy) is 1. The highest BCUT2D eigenvalue weighted by molar-refractivity contribution is 5.37. The van der Waals surface area contributed by atoms with Crippen LogP contribution in [0.15, 0.2) is 42.6 Å². The van der Waals surface area contributed by atoms with Gasteiger partial charge in [0.25, 0.3) is 0 Å². The summed E-state index contributed by atoms with van der Waals surface area (Å²) in [5, 5.41) is 8.71. The van der Waals surface area contributed by atoms with Gasteiger partial charge in [-0.3, -0.25) is 4.98 Å². The van der Waals surface area contributed by atoms with Crippen LogP contribution < -0.4 is 4.74 Å². The van der Waals surface area contributed by atoms with E-state index in [-0.39, 0.29) is 5.56 Å².